The molecule has 4 nitrogen and oxygen atoms in total. The molecule has 0 bridgehead atoms. The normalized spacial score (nSPS) is 12.3. The fourth-order valence-electron chi connectivity index (χ4n) is 3.61. The van der Waals surface area contributed by atoms with Gasteiger partial charge in [-0.1, -0.05) is 51.1 Å². The summed E-state index contributed by atoms with van der Waals surface area (Å²) in [5.74, 6) is -0.262. The number of rotatable bonds is 6. The van der Waals surface area contributed by atoms with Crippen molar-refractivity contribution < 1.29 is 13.9 Å². The molecule has 0 aliphatic rings. The van der Waals surface area contributed by atoms with E-state index in [0.29, 0.717) is 23.5 Å². The summed E-state index contributed by atoms with van der Waals surface area (Å²) in [6.45, 7) is 8.26. The number of hydrogen-bond donors (Lipinski definition) is 0. The van der Waals surface area contributed by atoms with E-state index in [-0.39, 0.29) is 18.5 Å². The fourth-order valence-corrected chi connectivity index (χ4v) is 3.61. The van der Waals surface area contributed by atoms with E-state index in [4.69, 9.17) is 9.15 Å². The first-order chi connectivity index (χ1) is 13.4. The molecule has 2 aromatic carbocycles. The van der Waals surface area contributed by atoms with Crippen molar-refractivity contribution in [1.82, 2.24) is 0 Å². The lowest BCUT2D eigenvalue weighted by molar-refractivity contribution is -0.146. The Morgan fingerprint density at radius 1 is 1.11 bits per heavy atom. The first kappa shape index (κ1) is 19.9. The van der Waals surface area contributed by atoms with Gasteiger partial charge in [0.25, 0.3) is 0 Å². The second-order valence-corrected chi connectivity index (χ2v) is 7.43. The van der Waals surface area contributed by atoms with Crippen LogP contribution in [0.25, 0.3) is 11.0 Å². The Kier molecular flexibility index (Phi) is 5.98. The Morgan fingerprint density at radius 3 is 2.46 bits per heavy atom. The number of benzene rings is 2. The Bertz CT molecular complexity index is 1030. The van der Waals surface area contributed by atoms with Crippen LogP contribution in [0.1, 0.15) is 61.3 Å². The molecule has 0 saturated heterocycles. The van der Waals surface area contributed by atoms with E-state index < -0.39 is 5.63 Å². The zero-order valence-corrected chi connectivity index (χ0v) is 16.8. The van der Waals surface area contributed by atoms with Crippen LogP contribution in [0.15, 0.2) is 57.7 Å². The molecule has 1 atom stereocenters. The minimum absolute atomic E-state index is 0.0465. The molecule has 0 unspecified atom stereocenters. The van der Waals surface area contributed by atoms with Gasteiger partial charge < -0.3 is 9.15 Å². The molecule has 0 saturated carbocycles. The van der Waals surface area contributed by atoms with Crippen molar-refractivity contribution in [3.05, 3.63) is 81.2 Å². The van der Waals surface area contributed by atoms with Crippen LogP contribution in [0, 0.1) is 6.92 Å². The van der Waals surface area contributed by atoms with E-state index >= 15 is 0 Å². The van der Waals surface area contributed by atoms with Crippen molar-refractivity contribution in [1.29, 1.82) is 0 Å². The lowest BCUT2D eigenvalue weighted by atomic mass is 9.95. The highest BCUT2D eigenvalue weighted by Crippen LogP contribution is 2.28. The molecule has 146 valence electrons. The average Bonchev–Trinajstić information content (AvgIpc) is 2.66. The average molecular weight is 378 g/mol. The van der Waals surface area contributed by atoms with Gasteiger partial charge in [-0.2, -0.15) is 0 Å². The maximum Gasteiger partial charge on any atom is 0.336 e. The largest absolute Gasteiger partial charge is 0.460 e. The molecule has 0 aliphatic heterocycles. The van der Waals surface area contributed by atoms with Gasteiger partial charge in [-0.25, -0.2) is 4.79 Å². The first-order valence-electron chi connectivity index (χ1n) is 9.69. The summed E-state index contributed by atoms with van der Waals surface area (Å²) in [6, 6.07) is 14.9. The van der Waals surface area contributed by atoms with Crippen LogP contribution in [0.4, 0.5) is 0 Å². The Morgan fingerprint density at radius 2 is 1.82 bits per heavy atom. The van der Waals surface area contributed by atoms with Crippen LogP contribution >= 0.6 is 0 Å². The highest BCUT2D eigenvalue weighted by Gasteiger charge is 2.21. The number of aryl methyl sites for hydroxylation is 1. The Hall–Kier alpha value is -2.88. The van der Waals surface area contributed by atoms with Crippen LogP contribution in [0.3, 0.4) is 0 Å². The highest BCUT2D eigenvalue weighted by molar-refractivity contribution is 5.83. The topological polar surface area (TPSA) is 56.5 Å². The third kappa shape index (κ3) is 4.16. The molecule has 28 heavy (non-hydrogen) atoms. The molecule has 3 rings (SSSR count). The maximum atomic E-state index is 12.7. The second kappa shape index (κ2) is 8.42. The molecule has 0 spiro atoms. The number of esters is 1. The predicted molar refractivity (Wildman–Crippen MR) is 111 cm³/mol. The second-order valence-electron chi connectivity index (χ2n) is 7.43. The van der Waals surface area contributed by atoms with Gasteiger partial charge in [-0.15, -0.1) is 0 Å². The molecule has 0 radical (unpaired) electrons. The number of hydrogen-bond acceptors (Lipinski definition) is 4. The summed E-state index contributed by atoms with van der Waals surface area (Å²) in [5, 5.41) is 0.814. The SMILES string of the molecule is CC[C@H](C(=O)OCc1cc(=O)oc2cc(C)c(C(C)C)cc12)c1ccccc1. The molecule has 4 heteroatoms. The van der Waals surface area contributed by atoms with Gasteiger partial charge in [0, 0.05) is 17.0 Å². The summed E-state index contributed by atoms with van der Waals surface area (Å²) >= 11 is 0. The number of ether oxygens (including phenoxy) is 1. The Balaban J connectivity index is 1.90. The predicted octanol–water partition coefficient (Wildman–Crippen LogP) is 5.46. The van der Waals surface area contributed by atoms with Gasteiger partial charge in [-0.3, -0.25) is 4.79 Å². The monoisotopic (exact) mass is 378 g/mol. The molecule has 0 fully saturated rings. The minimum Gasteiger partial charge on any atom is -0.460 e. The van der Waals surface area contributed by atoms with Gasteiger partial charge >= 0.3 is 11.6 Å². The molecular weight excluding hydrogens is 352 g/mol. The third-order valence-corrected chi connectivity index (χ3v) is 5.10. The van der Waals surface area contributed by atoms with Crippen molar-refractivity contribution in [3.63, 3.8) is 0 Å². The van der Waals surface area contributed by atoms with E-state index in [9.17, 15) is 9.59 Å². The standard InChI is InChI=1S/C24H26O4/c1-5-19(17-9-7-6-8-10-17)24(26)27-14-18-12-23(25)28-22-11-16(4)20(15(2)3)13-21(18)22/h6-13,15,19H,5,14H2,1-4H3/t19-/m0/s1. The van der Waals surface area contributed by atoms with Crippen LogP contribution in [-0.2, 0) is 16.1 Å². The molecular formula is C24H26O4. The van der Waals surface area contributed by atoms with Crippen LogP contribution in [0.5, 0.6) is 0 Å². The molecule has 0 aliphatic carbocycles. The van der Waals surface area contributed by atoms with Gasteiger partial charge in [0.1, 0.15) is 12.2 Å². The number of carbonyl (C=O) groups is 1. The van der Waals surface area contributed by atoms with E-state index in [1.54, 1.807) is 0 Å². The lowest BCUT2D eigenvalue weighted by Crippen LogP contribution is -2.16. The minimum atomic E-state index is -0.439. The van der Waals surface area contributed by atoms with Crippen molar-refractivity contribution in [2.45, 2.75) is 52.6 Å². The number of carbonyl (C=O) groups excluding carboxylic acids is 1. The molecule has 1 aromatic heterocycles. The van der Waals surface area contributed by atoms with Gasteiger partial charge in [0.05, 0.1) is 5.92 Å². The summed E-state index contributed by atoms with van der Waals surface area (Å²) in [5.41, 5.74) is 3.95. The summed E-state index contributed by atoms with van der Waals surface area (Å²) in [7, 11) is 0. The van der Waals surface area contributed by atoms with E-state index in [1.165, 1.54) is 11.6 Å². The van der Waals surface area contributed by atoms with Gasteiger partial charge in [0.2, 0.25) is 0 Å². The van der Waals surface area contributed by atoms with Gasteiger partial charge in [0.15, 0.2) is 0 Å². The molecule has 1 heterocycles. The van der Waals surface area contributed by atoms with Crippen LogP contribution in [-0.4, -0.2) is 5.97 Å². The van der Waals surface area contributed by atoms with E-state index in [2.05, 4.69) is 13.8 Å². The van der Waals surface area contributed by atoms with Crippen molar-refractivity contribution >= 4 is 16.9 Å². The lowest BCUT2D eigenvalue weighted by Gasteiger charge is -2.16. The molecule has 3 aromatic rings. The smallest absolute Gasteiger partial charge is 0.336 e. The van der Waals surface area contributed by atoms with Crippen molar-refractivity contribution in [2.24, 2.45) is 0 Å². The van der Waals surface area contributed by atoms with Crippen molar-refractivity contribution in [3.8, 4) is 0 Å². The van der Waals surface area contributed by atoms with E-state index in [0.717, 1.165) is 16.5 Å². The third-order valence-electron chi connectivity index (χ3n) is 5.10. The zero-order valence-electron chi connectivity index (χ0n) is 16.8. The maximum absolute atomic E-state index is 12.7. The van der Waals surface area contributed by atoms with Crippen LogP contribution in [0.2, 0.25) is 0 Å². The zero-order chi connectivity index (χ0) is 20.3. The van der Waals surface area contributed by atoms with Crippen LogP contribution < -0.4 is 5.63 Å². The Labute approximate surface area is 165 Å². The number of fused-ring (bicyclic) bond motifs is 1. The summed E-state index contributed by atoms with van der Waals surface area (Å²) in [6.07, 6.45) is 0.650. The van der Waals surface area contributed by atoms with Gasteiger partial charge in [-0.05, 0) is 48.1 Å². The quantitative estimate of drug-likeness (QED) is 0.422. The highest BCUT2D eigenvalue weighted by atomic mass is 16.5. The van der Waals surface area contributed by atoms with Crippen molar-refractivity contribution in [2.75, 3.05) is 0 Å². The summed E-state index contributed by atoms with van der Waals surface area (Å²) in [4.78, 5) is 24.7. The molecule has 0 N–H and O–H groups in total. The first-order valence-corrected chi connectivity index (χ1v) is 9.69. The molecule has 0 amide bonds. The van der Waals surface area contributed by atoms with E-state index in [1.807, 2.05) is 56.3 Å². The summed E-state index contributed by atoms with van der Waals surface area (Å²) < 4.78 is 11.0. The fraction of sp³-hybridized carbons (Fsp3) is 0.333.